The fourth-order valence-corrected chi connectivity index (χ4v) is 4.25. The summed E-state index contributed by atoms with van der Waals surface area (Å²) < 4.78 is 1.70. The highest BCUT2D eigenvalue weighted by atomic mass is 16.2. The van der Waals surface area contributed by atoms with Crippen LogP contribution in [0.4, 0.5) is 0 Å². The molecule has 2 aromatic rings. The molecule has 2 aliphatic rings. The van der Waals surface area contributed by atoms with E-state index in [9.17, 15) is 9.59 Å². The van der Waals surface area contributed by atoms with Gasteiger partial charge in [-0.2, -0.15) is 0 Å². The second-order valence-corrected chi connectivity index (χ2v) is 7.91. The van der Waals surface area contributed by atoms with Crippen LogP contribution in [0.2, 0.25) is 0 Å². The molecule has 1 unspecified atom stereocenters. The molecular weight excluding hydrogens is 354 g/mol. The van der Waals surface area contributed by atoms with Crippen molar-refractivity contribution in [2.24, 2.45) is 5.92 Å². The van der Waals surface area contributed by atoms with E-state index < -0.39 is 0 Å². The molecule has 1 fully saturated rings. The lowest BCUT2D eigenvalue weighted by molar-refractivity contribution is -0.138. The summed E-state index contributed by atoms with van der Waals surface area (Å²) in [6.45, 7) is 3.22. The minimum absolute atomic E-state index is 0.0399. The van der Waals surface area contributed by atoms with E-state index in [1.807, 2.05) is 42.2 Å². The molecule has 1 atom stereocenters. The lowest BCUT2D eigenvalue weighted by atomic mass is 10.0. The quantitative estimate of drug-likeness (QED) is 0.834. The number of amides is 2. The topological polar surface area (TPSA) is 80.1 Å². The van der Waals surface area contributed by atoms with Gasteiger partial charge in [0, 0.05) is 13.0 Å². The van der Waals surface area contributed by atoms with E-state index in [0.717, 1.165) is 29.8 Å². The van der Waals surface area contributed by atoms with Crippen LogP contribution >= 0.6 is 0 Å². The molecule has 2 heterocycles. The standard InChI is InChI=1S/C21H27N5O2/c1-15-21(28)25(13-17-9-3-2-4-10-17)14-19-18(23-24-26(15)19)12-22-20(27)11-16-7-5-6-8-16/h2-4,9-10,15-16H,5-8,11-14H2,1H3,(H,22,27). The predicted molar refractivity (Wildman–Crippen MR) is 104 cm³/mol. The zero-order valence-corrected chi connectivity index (χ0v) is 16.3. The van der Waals surface area contributed by atoms with E-state index in [0.29, 0.717) is 32.0 Å². The maximum Gasteiger partial charge on any atom is 0.247 e. The van der Waals surface area contributed by atoms with Crippen molar-refractivity contribution in [1.82, 2.24) is 25.2 Å². The van der Waals surface area contributed by atoms with Gasteiger partial charge in [-0.1, -0.05) is 48.4 Å². The van der Waals surface area contributed by atoms with Crippen LogP contribution in [0.1, 0.15) is 62.0 Å². The Morgan fingerprint density at radius 3 is 2.71 bits per heavy atom. The Morgan fingerprint density at radius 2 is 1.96 bits per heavy atom. The molecule has 7 nitrogen and oxygen atoms in total. The van der Waals surface area contributed by atoms with E-state index in [4.69, 9.17) is 0 Å². The zero-order chi connectivity index (χ0) is 19.5. The molecule has 28 heavy (non-hydrogen) atoms. The van der Waals surface area contributed by atoms with Crippen molar-refractivity contribution in [3.8, 4) is 0 Å². The van der Waals surface area contributed by atoms with E-state index in [2.05, 4.69) is 15.6 Å². The van der Waals surface area contributed by atoms with Gasteiger partial charge in [-0.3, -0.25) is 9.59 Å². The molecule has 0 bridgehead atoms. The normalized spacial score (nSPS) is 19.7. The van der Waals surface area contributed by atoms with Gasteiger partial charge < -0.3 is 10.2 Å². The second kappa shape index (κ2) is 8.12. The summed E-state index contributed by atoms with van der Waals surface area (Å²) in [5.41, 5.74) is 2.75. The largest absolute Gasteiger partial charge is 0.350 e. The van der Waals surface area contributed by atoms with Gasteiger partial charge in [0.15, 0.2) is 0 Å². The Balaban J connectivity index is 1.42. The van der Waals surface area contributed by atoms with Gasteiger partial charge in [0.05, 0.1) is 18.8 Å². The van der Waals surface area contributed by atoms with Gasteiger partial charge in [-0.05, 0) is 31.2 Å². The molecule has 1 saturated carbocycles. The number of benzene rings is 1. The number of carbonyl (C=O) groups excluding carboxylic acids is 2. The van der Waals surface area contributed by atoms with Gasteiger partial charge in [0.1, 0.15) is 11.7 Å². The summed E-state index contributed by atoms with van der Waals surface area (Å²) in [7, 11) is 0. The Kier molecular flexibility index (Phi) is 5.41. The molecular formula is C21H27N5O2. The van der Waals surface area contributed by atoms with Crippen molar-refractivity contribution in [2.45, 2.75) is 64.7 Å². The number of hydrogen-bond acceptors (Lipinski definition) is 4. The van der Waals surface area contributed by atoms with Crippen LogP contribution in [0.15, 0.2) is 30.3 Å². The first-order chi connectivity index (χ1) is 13.6. The van der Waals surface area contributed by atoms with Crippen LogP contribution in [-0.2, 0) is 29.2 Å². The number of fused-ring (bicyclic) bond motifs is 1. The lowest BCUT2D eigenvalue weighted by Crippen LogP contribution is -2.41. The average molecular weight is 381 g/mol. The molecule has 1 aliphatic carbocycles. The molecule has 4 rings (SSSR count). The lowest BCUT2D eigenvalue weighted by Gasteiger charge is -2.31. The minimum Gasteiger partial charge on any atom is -0.350 e. The van der Waals surface area contributed by atoms with Gasteiger partial charge >= 0.3 is 0 Å². The third-order valence-electron chi connectivity index (χ3n) is 5.87. The Bertz CT molecular complexity index is 842. The van der Waals surface area contributed by atoms with Gasteiger partial charge in [0.2, 0.25) is 11.8 Å². The fourth-order valence-electron chi connectivity index (χ4n) is 4.25. The van der Waals surface area contributed by atoms with Crippen LogP contribution in [0, 0.1) is 5.92 Å². The number of rotatable bonds is 6. The maximum atomic E-state index is 12.7. The third-order valence-corrected chi connectivity index (χ3v) is 5.87. The maximum absolute atomic E-state index is 12.7. The molecule has 1 aromatic carbocycles. The van der Waals surface area contributed by atoms with Crippen LogP contribution < -0.4 is 5.32 Å². The van der Waals surface area contributed by atoms with E-state index in [-0.39, 0.29) is 17.9 Å². The number of aromatic nitrogens is 3. The first-order valence-corrected chi connectivity index (χ1v) is 10.1. The summed E-state index contributed by atoms with van der Waals surface area (Å²) in [5.74, 6) is 0.640. The average Bonchev–Trinajstić information content (AvgIpc) is 3.35. The van der Waals surface area contributed by atoms with Gasteiger partial charge in [-0.25, -0.2) is 4.68 Å². The summed E-state index contributed by atoms with van der Waals surface area (Å²) >= 11 is 0. The fraction of sp³-hybridized carbons (Fsp3) is 0.524. The molecule has 0 spiro atoms. The summed E-state index contributed by atoms with van der Waals surface area (Å²) in [5, 5.41) is 11.4. The smallest absolute Gasteiger partial charge is 0.247 e. The monoisotopic (exact) mass is 381 g/mol. The highest BCUT2D eigenvalue weighted by molar-refractivity contribution is 5.81. The molecule has 1 N–H and O–H groups in total. The number of carbonyl (C=O) groups is 2. The molecule has 7 heteroatoms. The Morgan fingerprint density at radius 1 is 1.21 bits per heavy atom. The molecule has 1 aromatic heterocycles. The number of nitrogens with one attached hydrogen (secondary N) is 1. The van der Waals surface area contributed by atoms with Gasteiger partial charge in [0.25, 0.3) is 0 Å². The molecule has 1 aliphatic heterocycles. The van der Waals surface area contributed by atoms with Crippen molar-refractivity contribution in [3.63, 3.8) is 0 Å². The Hall–Kier alpha value is -2.70. The highest BCUT2D eigenvalue weighted by Gasteiger charge is 2.33. The van der Waals surface area contributed by atoms with E-state index in [1.165, 1.54) is 12.8 Å². The number of hydrogen-bond donors (Lipinski definition) is 1. The molecule has 2 amide bonds. The summed E-state index contributed by atoms with van der Waals surface area (Å²) in [4.78, 5) is 26.8. The summed E-state index contributed by atoms with van der Waals surface area (Å²) in [6.07, 6.45) is 5.38. The first kappa shape index (κ1) is 18.7. The van der Waals surface area contributed by atoms with Gasteiger partial charge in [-0.15, -0.1) is 5.10 Å². The van der Waals surface area contributed by atoms with Crippen LogP contribution in [0.3, 0.4) is 0 Å². The van der Waals surface area contributed by atoms with Crippen LogP contribution in [0.5, 0.6) is 0 Å². The van der Waals surface area contributed by atoms with Crippen molar-refractivity contribution < 1.29 is 9.59 Å². The van der Waals surface area contributed by atoms with E-state index in [1.54, 1.807) is 4.68 Å². The zero-order valence-electron chi connectivity index (χ0n) is 16.3. The summed E-state index contributed by atoms with van der Waals surface area (Å²) in [6, 6.07) is 9.57. The SMILES string of the molecule is CC1C(=O)N(Cc2ccccc2)Cc2c(CNC(=O)CC3CCCC3)nnn21. The van der Waals surface area contributed by atoms with Crippen LogP contribution in [0.25, 0.3) is 0 Å². The first-order valence-electron chi connectivity index (χ1n) is 10.1. The number of nitrogens with zero attached hydrogens (tertiary/aromatic N) is 4. The van der Waals surface area contributed by atoms with Crippen molar-refractivity contribution in [3.05, 3.63) is 47.3 Å². The minimum atomic E-state index is -0.386. The highest BCUT2D eigenvalue weighted by Crippen LogP contribution is 2.28. The molecule has 148 valence electrons. The Labute approximate surface area is 165 Å². The second-order valence-electron chi connectivity index (χ2n) is 7.91. The van der Waals surface area contributed by atoms with Crippen molar-refractivity contribution in [2.75, 3.05) is 0 Å². The third kappa shape index (κ3) is 3.93. The predicted octanol–water partition coefficient (Wildman–Crippen LogP) is 2.58. The van der Waals surface area contributed by atoms with Crippen molar-refractivity contribution >= 4 is 11.8 Å². The molecule has 0 saturated heterocycles. The van der Waals surface area contributed by atoms with E-state index >= 15 is 0 Å². The van der Waals surface area contributed by atoms with Crippen molar-refractivity contribution in [1.29, 1.82) is 0 Å². The van der Waals surface area contributed by atoms with Crippen LogP contribution in [-0.4, -0.2) is 31.7 Å². The molecule has 0 radical (unpaired) electrons.